The molecule has 3 rings (SSSR count). The second-order valence-electron chi connectivity index (χ2n) is 7.17. The first kappa shape index (κ1) is 21.6. The van der Waals surface area contributed by atoms with Crippen LogP contribution in [0.25, 0.3) is 6.08 Å². The van der Waals surface area contributed by atoms with Crippen molar-refractivity contribution in [2.45, 2.75) is 33.1 Å². The number of rotatable bonds is 6. The van der Waals surface area contributed by atoms with Gasteiger partial charge < -0.3 is 14.8 Å². The number of carbonyl (C=O) groups excluding carboxylic acids is 2. The van der Waals surface area contributed by atoms with Crippen LogP contribution in [0.4, 0.5) is 5.00 Å². The second kappa shape index (κ2) is 9.59. The third-order valence-corrected chi connectivity index (χ3v) is 6.18. The molecule has 1 amide bonds. The van der Waals surface area contributed by atoms with E-state index in [-0.39, 0.29) is 12.2 Å². The fourth-order valence-electron chi connectivity index (χ4n) is 3.44. The van der Waals surface area contributed by atoms with Gasteiger partial charge >= 0.3 is 5.97 Å². The maximum Gasteiger partial charge on any atom is 0.341 e. The molecule has 1 N–H and O–H groups in total. The number of amides is 1. The Kier molecular flexibility index (Phi) is 6.91. The zero-order valence-electron chi connectivity index (χ0n) is 17.3. The first-order valence-corrected chi connectivity index (χ1v) is 10.7. The zero-order valence-corrected chi connectivity index (χ0v) is 18.1. The van der Waals surface area contributed by atoms with Crippen LogP contribution in [-0.4, -0.2) is 25.6 Å². The van der Waals surface area contributed by atoms with Crippen LogP contribution in [0.2, 0.25) is 0 Å². The fraction of sp³-hybridized carbons (Fsp3) is 0.348. The average Bonchev–Trinajstić information content (AvgIpc) is 3.09. The van der Waals surface area contributed by atoms with Crippen LogP contribution in [0.15, 0.2) is 29.8 Å². The van der Waals surface area contributed by atoms with Gasteiger partial charge in [-0.25, -0.2) is 4.79 Å². The van der Waals surface area contributed by atoms with E-state index >= 15 is 0 Å². The highest BCUT2D eigenvalue weighted by Gasteiger charge is 2.29. The fourth-order valence-corrected chi connectivity index (χ4v) is 4.84. The van der Waals surface area contributed by atoms with Gasteiger partial charge in [0.05, 0.1) is 19.3 Å². The molecule has 1 aromatic carbocycles. The SMILES string of the molecule is CCOC(=O)c1c(NC(=O)/C(C#N)=C/c2ccc(OC)cc2)sc2c1CC[C@H](C)C2. The number of thiophene rings is 1. The van der Waals surface area contributed by atoms with E-state index in [1.54, 1.807) is 38.3 Å². The molecule has 0 saturated heterocycles. The van der Waals surface area contributed by atoms with Crippen LogP contribution in [-0.2, 0) is 22.4 Å². The summed E-state index contributed by atoms with van der Waals surface area (Å²) in [7, 11) is 1.57. The molecular weight excluding hydrogens is 400 g/mol. The van der Waals surface area contributed by atoms with Gasteiger partial charge in [0.25, 0.3) is 5.91 Å². The number of fused-ring (bicyclic) bond motifs is 1. The van der Waals surface area contributed by atoms with Crippen molar-refractivity contribution in [1.82, 2.24) is 0 Å². The summed E-state index contributed by atoms with van der Waals surface area (Å²) < 4.78 is 10.4. The minimum atomic E-state index is -0.550. The van der Waals surface area contributed by atoms with E-state index in [1.807, 2.05) is 6.07 Å². The maximum absolute atomic E-state index is 12.8. The van der Waals surface area contributed by atoms with Crippen molar-refractivity contribution in [1.29, 1.82) is 5.26 Å². The Labute approximate surface area is 180 Å². The van der Waals surface area contributed by atoms with Gasteiger partial charge in [0.2, 0.25) is 0 Å². The third kappa shape index (κ3) is 4.71. The molecule has 1 aliphatic carbocycles. The van der Waals surface area contributed by atoms with Crippen LogP contribution < -0.4 is 10.1 Å². The number of esters is 1. The summed E-state index contributed by atoms with van der Waals surface area (Å²) in [5.74, 6) is 0.231. The summed E-state index contributed by atoms with van der Waals surface area (Å²) in [6, 6.07) is 8.99. The largest absolute Gasteiger partial charge is 0.497 e. The van der Waals surface area contributed by atoms with Crippen LogP contribution >= 0.6 is 11.3 Å². The number of nitriles is 1. The number of hydrogen-bond acceptors (Lipinski definition) is 6. The minimum absolute atomic E-state index is 0.0466. The second-order valence-corrected chi connectivity index (χ2v) is 8.28. The molecule has 0 unspecified atom stereocenters. The minimum Gasteiger partial charge on any atom is -0.497 e. The van der Waals surface area contributed by atoms with E-state index in [4.69, 9.17) is 9.47 Å². The Hall–Kier alpha value is -3.11. The lowest BCUT2D eigenvalue weighted by atomic mass is 9.88. The number of nitrogens with one attached hydrogen (secondary N) is 1. The van der Waals surface area contributed by atoms with Gasteiger partial charge in [-0.3, -0.25) is 4.79 Å². The lowest BCUT2D eigenvalue weighted by Gasteiger charge is -2.18. The van der Waals surface area contributed by atoms with Crippen LogP contribution in [0.5, 0.6) is 5.75 Å². The van der Waals surface area contributed by atoms with Crippen LogP contribution in [0.3, 0.4) is 0 Å². The highest BCUT2D eigenvalue weighted by molar-refractivity contribution is 7.17. The zero-order chi connectivity index (χ0) is 21.7. The third-order valence-electron chi connectivity index (χ3n) is 5.01. The molecule has 2 aromatic rings. The molecule has 0 saturated carbocycles. The van der Waals surface area contributed by atoms with Crippen molar-refractivity contribution in [3.8, 4) is 11.8 Å². The van der Waals surface area contributed by atoms with Gasteiger partial charge in [0.1, 0.15) is 22.4 Å². The van der Waals surface area contributed by atoms with Gasteiger partial charge in [0, 0.05) is 4.88 Å². The van der Waals surface area contributed by atoms with E-state index in [0.717, 1.165) is 29.7 Å². The first-order chi connectivity index (χ1) is 14.5. The summed E-state index contributed by atoms with van der Waals surface area (Å²) >= 11 is 1.40. The maximum atomic E-state index is 12.8. The molecule has 0 bridgehead atoms. The van der Waals surface area contributed by atoms with Crippen molar-refractivity contribution >= 4 is 34.3 Å². The van der Waals surface area contributed by atoms with Crippen molar-refractivity contribution in [3.63, 3.8) is 0 Å². The van der Waals surface area contributed by atoms with Gasteiger partial charge in [-0.15, -0.1) is 11.3 Å². The van der Waals surface area contributed by atoms with Crippen molar-refractivity contribution in [3.05, 3.63) is 51.4 Å². The van der Waals surface area contributed by atoms with Crippen molar-refractivity contribution in [2.24, 2.45) is 5.92 Å². The quantitative estimate of drug-likeness (QED) is 0.416. The standard InChI is InChI=1S/C23H24N2O4S/c1-4-29-23(27)20-18-10-5-14(2)11-19(18)30-22(20)25-21(26)16(13-24)12-15-6-8-17(28-3)9-7-15/h6-9,12,14H,4-5,10-11H2,1-3H3,(H,25,26)/b16-12+/t14-/m0/s1. The predicted octanol–water partition coefficient (Wildman–Crippen LogP) is 4.60. The van der Waals surface area contributed by atoms with Crippen molar-refractivity contribution < 1.29 is 19.1 Å². The summed E-state index contributed by atoms with van der Waals surface area (Å²) in [6.07, 6.45) is 4.15. The number of carbonyl (C=O) groups is 2. The Bertz CT molecular complexity index is 1020. The van der Waals surface area contributed by atoms with E-state index < -0.39 is 11.9 Å². The average molecular weight is 425 g/mol. The normalized spacial score (nSPS) is 15.7. The molecule has 1 atom stereocenters. The molecule has 30 heavy (non-hydrogen) atoms. The number of nitrogens with zero attached hydrogens (tertiary/aromatic N) is 1. The summed E-state index contributed by atoms with van der Waals surface area (Å²) in [6.45, 7) is 4.19. The van der Waals surface area contributed by atoms with Crippen molar-refractivity contribution in [2.75, 3.05) is 19.0 Å². The Morgan fingerprint density at radius 2 is 2.07 bits per heavy atom. The Morgan fingerprint density at radius 3 is 2.70 bits per heavy atom. The molecule has 6 nitrogen and oxygen atoms in total. The van der Waals surface area contributed by atoms with Gasteiger partial charge in [-0.05, 0) is 61.4 Å². The van der Waals surface area contributed by atoms with E-state index in [0.29, 0.717) is 27.8 Å². The number of benzene rings is 1. The monoisotopic (exact) mass is 424 g/mol. The van der Waals surface area contributed by atoms with E-state index in [9.17, 15) is 14.9 Å². The lowest BCUT2D eigenvalue weighted by Crippen LogP contribution is -2.17. The molecule has 0 fully saturated rings. The highest BCUT2D eigenvalue weighted by Crippen LogP contribution is 2.40. The molecule has 0 spiro atoms. The predicted molar refractivity (Wildman–Crippen MR) is 117 cm³/mol. The topological polar surface area (TPSA) is 88.4 Å². The lowest BCUT2D eigenvalue weighted by molar-refractivity contribution is -0.112. The van der Waals surface area contributed by atoms with E-state index in [2.05, 4.69) is 12.2 Å². The Balaban J connectivity index is 1.90. The molecular formula is C23H24N2O4S. The van der Waals surface area contributed by atoms with Gasteiger partial charge in [-0.2, -0.15) is 5.26 Å². The number of anilines is 1. The van der Waals surface area contributed by atoms with Crippen LogP contribution in [0.1, 0.15) is 46.6 Å². The summed E-state index contributed by atoms with van der Waals surface area (Å²) in [4.78, 5) is 26.5. The van der Waals surface area contributed by atoms with Crippen LogP contribution in [0, 0.1) is 17.2 Å². The summed E-state index contributed by atoms with van der Waals surface area (Å²) in [5, 5.41) is 12.7. The number of methoxy groups -OCH3 is 1. The molecule has 0 radical (unpaired) electrons. The Morgan fingerprint density at radius 1 is 1.33 bits per heavy atom. The van der Waals surface area contributed by atoms with E-state index in [1.165, 1.54) is 17.4 Å². The summed E-state index contributed by atoms with van der Waals surface area (Å²) in [5.41, 5.74) is 2.05. The first-order valence-electron chi connectivity index (χ1n) is 9.85. The highest BCUT2D eigenvalue weighted by atomic mass is 32.1. The van der Waals surface area contributed by atoms with Gasteiger partial charge in [0.15, 0.2) is 0 Å². The molecule has 1 aliphatic rings. The number of hydrogen-bond donors (Lipinski definition) is 1. The number of ether oxygens (including phenoxy) is 2. The molecule has 1 aromatic heterocycles. The molecule has 0 aliphatic heterocycles. The molecule has 1 heterocycles. The molecule has 156 valence electrons. The smallest absolute Gasteiger partial charge is 0.341 e. The molecule has 7 heteroatoms. The van der Waals surface area contributed by atoms with Gasteiger partial charge in [-0.1, -0.05) is 19.1 Å².